The van der Waals surface area contributed by atoms with Crippen LogP contribution in [-0.2, 0) is 6.61 Å². The van der Waals surface area contributed by atoms with Crippen molar-refractivity contribution in [2.24, 2.45) is 0 Å². The van der Waals surface area contributed by atoms with Gasteiger partial charge >= 0.3 is 6.18 Å². The summed E-state index contributed by atoms with van der Waals surface area (Å²) in [5.41, 5.74) is 2.05. The molecule has 0 aliphatic heterocycles. The van der Waals surface area contributed by atoms with E-state index in [4.69, 9.17) is 9.47 Å². The van der Waals surface area contributed by atoms with Gasteiger partial charge in [0.2, 0.25) is 0 Å². The number of methoxy groups -OCH3 is 1. The first-order valence-corrected chi connectivity index (χ1v) is 10.1. The van der Waals surface area contributed by atoms with Gasteiger partial charge in [0, 0.05) is 18.0 Å². The molecule has 0 saturated heterocycles. The van der Waals surface area contributed by atoms with Crippen LogP contribution in [0.15, 0.2) is 67.0 Å². The number of ether oxygens (including phenoxy) is 3. The predicted octanol–water partition coefficient (Wildman–Crippen LogP) is 5.10. The molecule has 0 saturated carbocycles. The lowest BCUT2D eigenvalue weighted by molar-refractivity contribution is -0.153. The summed E-state index contributed by atoms with van der Waals surface area (Å²) in [7, 11) is 1.53. The molecule has 2 aromatic carbocycles. The van der Waals surface area contributed by atoms with Crippen LogP contribution in [0.1, 0.15) is 34.5 Å². The molecule has 174 valence electrons. The van der Waals surface area contributed by atoms with Gasteiger partial charge in [0.05, 0.1) is 13.2 Å². The number of alkyl halides is 3. The molecule has 0 aliphatic carbocycles. The first-order valence-electron chi connectivity index (χ1n) is 10.1. The van der Waals surface area contributed by atoms with Gasteiger partial charge in [0.15, 0.2) is 18.1 Å². The van der Waals surface area contributed by atoms with Crippen molar-refractivity contribution in [2.75, 3.05) is 13.7 Å². The Kier molecular flexibility index (Phi) is 7.76. The molecule has 1 N–H and O–H groups in total. The fourth-order valence-corrected chi connectivity index (χ4v) is 2.94. The number of carbonyl (C=O) groups excluding carboxylic acids is 1. The van der Waals surface area contributed by atoms with Gasteiger partial charge in [-0.2, -0.15) is 13.2 Å². The molecule has 6 nitrogen and oxygen atoms in total. The van der Waals surface area contributed by atoms with E-state index in [9.17, 15) is 18.0 Å². The fraction of sp³-hybridized carbons (Fsp3) is 0.250. The predicted molar refractivity (Wildman–Crippen MR) is 115 cm³/mol. The Bertz CT molecular complexity index is 1060. The number of nitrogens with one attached hydrogen (secondary N) is 1. The average molecular weight is 460 g/mol. The van der Waals surface area contributed by atoms with Crippen LogP contribution in [0.5, 0.6) is 17.2 Å². The fourth-order valence-electron chi connectivity index (χ4n) is 2.94. The van der Waals surface area contributed by atoms with E-state index >= 15 is 0 Å². The second-order valence-electron chi connectivity index (χ2n) is 7.18. The van der Waals surface area contributed by atoms with Crippen molar-refractivity contribution in [3.8, 4) is 17.2 Å². The van der Waals surface area contributed by atoms with Crippen molar-refractivity contribution >= 4 is 5.91 Å². The van der Waals surface area contributed by atoms with Gasteiger partial charge in [-0.15, -0.1) is 0 Å². The molecular weight excluding hydrogens is 437 g/mol. The number of pyridine rings is 1. The Hall–Kier alpha value is -3.75. The molecule has 1 atom stereocenters. The first-order chi connectivity index (χ1) is 15.7. The number of carbonyl (C=O) groups is 1. The van der Waals surface area contributed by atoms with Gasteiger partial charge in [0.25, 0.3) is 5.91 Å². The topological polar surface area (TPSA) is 69.7 Å². The molecule has 3 rings (SSSR count). The van der Waals surface area contributed by atoms with E-state index in [1.807, 2.05) is 25.1 Å². The lowest BCUT2D eigenvalue weighted by Gasteiger charge is -2.17. The summed E-state index contributed by atoms with van der Waals surface area (Å²) in [4.78, 5) is 16.5. The zero-order chi connectivity index (χ0) is 23.8. The monoisotopic (exact) mass is 460 g/mol. The van der Waals surface area contributed by atoms with Crippen LogP contribution in [0, 0.1) is 0 Å². The van der Waals surface area contributed by atoms with Crippen LogP contribution in [0.4, 0.5) is 13.2 Å². The molecule has 0 fully saturated rings. The number of rotatable bonds is 9. The van der Waals surface area contributed by atoms with E-state index in [1.165, 1.54) is 31.4 Å². The van der Waals surface area contributed by atoms with Crippen molar-refractivity contribution in [1.82, 2.24) is 10.3 Å². The van der Waals surface area contributed by atoms with Crippen molar-refractivity contribution in [3.05, 3.63) is 83.7 Å². The van der Waals surface area contributed by atoms with E-state index in [1.54, 1.807) is 24.5 Å². The highest BCUT2D eigenvalue weighted by molar-refractivity contribution is 5.94. The standard InChI is InChI=1S/C24H23F3N2O4/c1-16(29-23(30)18-3-6-20(7-4-18)33-15-24(25,26)27)19-5-8-21(22(13-19)31-2)32-14-17-9-11-28-12-10-17/h3-13,16H,14-15H2,1-2H3,(H,29,30). The summed E-state index contributed by atoms with van der Waals surface area (Å²) < 4.78 is 52.6. The highest BCUT2D eigenvalue weighted by atomic mass is 19.4. The molecule has 0 bridgehead atoms. The number of hydrogen-bond acceptors (Lipinski definition) is 5. The molecule has 1 amide bonds. The van der Waals surface area contributed by atoms with Crippen molar-refractivity contribution in [1.29, 1.82) is 0 Å². The second-order valence-corrected chi connectivity index (χ2v) is 7.18. The van der Waals surface area contributed by atoms with E-state index in [2.05, 4.69) is 15.0 Å². The summed E-state index contributed by atoms with van der Waals surface area (Å²) in [6.07, 6.45) is -1.05. The Morgan fingerprint density at radius 1 is 1.00 bits per heavy atom. The lowest BCUT2D eigenvalue weighted by Crippen LogP contribution is -2.26. The zero-order valence-electron chi connectivity index (χ0n) is 18.1. The quantitative estimate of drug-likeness (QED) is 0.481. The molecule has 1 unspecified atom stereocenters. The van der Waals surface area contributed by atoms with E-state index < -0.39 is 12.8 Å². The van der Waals surface area contributed by atoms with Gasteiger partial charge in [-0.1, -0.05) is 6.07 Å². The van der Waals surface area contributed by atoms with Crippen LogP contribution in [0.3, 0.4) is 0 Å². The second kappa shape index (κ2) is 10.7. The Balaban J connectivity index is 1.60. The minimum absolute atomic E-state index is 0.0315. The highest BCUT2D eigenvalue weighted by Crippen LogP contribution is 2.31. The van der Waals surface area contributed by atoms with Gasteiger partial charge in [-0.3, -0.25) is 9.78 Å². The third kappa shape index (κ3) is 7.13. The van der Waals surface area contributed by atoms with Crippen molar-refractivity contribution in [2.45, 2.75) is 25.7 Å². The third-order valence-corrected chi connectivity index (χ3v) is 4.70. The van der Waals surface area contributed by atoms with Crippen LogP contribution in [0.25, 0.3) is 0 Å². The van der Waals surface area contributed by atoms with Crippen LogP contribution >= 0.6 is 0 Å². The Labute approximate surface area is 189 Å². The normalized spacial score (nSPS) is 12.0. The number of halogens is 3. The first kappa shape index (κ1) is 23.9. The van der Waals surface area contributed by atoms with Gasteiger partial charge in [-0.05, 0) is 66.6 Å². The van der Waals surface area contributed by atoms with Crippen molar-refractivity contribution < 1.29 is 32.2 Å². The van der Waals surface area contributed by atoms with Crippen LogP contribution in [0.2, 0.25) is 0 Å². The maximum atomic E-state index is 12.5. The highest BCUT2D eigenvalue weighted by Gasteiger charge is 2.28. The lowest BCUT2D eigenvalue weighted by atomic mass is 10.1. The Morgan fingerprint density at radius 3 is 2.33 bits per heavy atom. The van der Waals surface area contributed by atoms with Crippen molar-refractivity contribution in [3.63, 3.8) is 0 Å². The summed E-state index contributed by atoms with van der Waals surface area (Å²) in [6, 6.07) is 14.2. The molecule has 3 aromatic rings. The Morgan fingerprint density at radius 2 is 1.70 bits per heavy atom. The summed E-state index contributed by atoms with van der Waals surface area (Å²) >= 11 is 0. The third-order valence-electron chi connectivity index (χ3n) is 4.70. The summed E-state index contributed by atoms with van der Waals surface area (Å²) in [5.74, 6) is 0.741. The van der Waals surface area contributed by atoms with Crippen LogP contribution < -0.4 is 19.5 Å². The maximum Gasteiger partial charge on any atom is 0.422 e. The average Bonchev–Trinajstić information content (AvgIpc) is 2.81. The minimum atomic E-state index is -4.42. The SMILES string of the molecule is COc1cc(C(C)NC(=O)c2ccc(OCC(F)(F)F)cc2)ccc1OCc1ccncc1. The van der Waals surface area contributed by atoms with Crippen LogP contribution in [-0.4, -0.2) is 30.8 Å². The largest absolute Gasteiger partial charge is 0.493 e. The number of nitrogens with zero attached hydrogens (tertiary/aromatic N) is 1. The molecule has 33 heavy (non-hydrogen) atoms. The number of benzene rings is 2. The minimum Gasteiger partial charge on any atom is -0.493 e. The van der Waals surface area contributed by atoms with E-state index in [0.29, 0.717) is 23.7 Å². The number of aromatic nitrogens is 1. The molecular formula is C24H23F3N2O4. The zero-order valence-corrected chi connectivity index (χ0v) is 18.1. The molecule has 1 heterocycles. The summed E-state index contributed by atoms with van der Waals surface area (Å²) in [6.45, 7) is 0.776. The smallest absolute Gasteiger partial charge is 0.422 e. The molecule has 1 aromatic heterocycles. The maximum absolute atomic E-state index is 12.5. The van der Waals surface area contributed by atoms with Gasteiger partial charge in [-0.25, -0.2) is 0 Å². The molecule has 0 radical (unpaired) electrons. The van der Waals surface area contributed by atoms with Gasteiger partial charge < -0.3 is 19.5 Å². The molecule has 0 spiro atoms. The van der Waals surface area contributed by atoms with Gasteiger partial charge in [0.1, 0.15) is 12.4 Å². The van der Waals surface area contributed by atoms with E-state index in [0.717, 1.165) is 11.1 Å². The summed E-state index contributed by atoms with van der Waals surface area (Å²) in [5, 5.41) is 2.85. The van der Waals surface area contributed by atoms with E-state index in [-0.39, 0.29) is 17.7 Å². The number of hydrogen-bond donors (Lipinski definition) is 1. The number of amides is 1. The molecule has 0 aliphatic rings. The molecule has 9 heteroatoms.